The van der Waals surface area contributed by atoms with E-state index in [0.717, 1.165) is 61.3 Å². The monoisotopic (exact) mass is 879 g/mol. The van der Waals surface area contributed by atoms with E-state index in [-0.39, 0.29) is 0 Å². The molecule has 12 aromatic rings. The average Bonchev–Trinajstić information content (AvgIpc) is 3.96. The lowest BCUT2D eigenvalue weighted by Crippen LogP contribution is -2.28. The molecule has 1 aromatic heterocycles. The van der Waals surface area contributed by atoms with Crippen molar-refractivity contribution in [2.24, 2.45) is 0 Å². The van der Waals surface area contributed by atoms with Crippen molar-refractivity contribution in [1.29, 1.82) is 0 Å². The van der Waals surface area contributed by atoms with Gasteiger partial charge < -0.3 is 9.32 Å². The Bertz CT molecular complexity index is 3780. The van der Waals surface area contributed by atoms with E-state index in [1.807, 2.05) is 12.1 Å². The molecular formula is C67H45NO. The van der Waals surface area contributed by atoms with Crippen LogP contribution in [0.5, 0.6) is 0 Å². The molecule has 69 heavy (non-hydrogen) atoms. The Hall–Kier alpha value is -8.98. The van der Waals surface area contributed by atoms with Gasteiger partial charge in [-0.1, -0.05) is 224 Å². The second-order valence-corrected chi connectivity index (χ2v) is 18.0. The van der Waals surface area contributed by atoms with E-state index in [0.29, 0.717) is 0 Å². The van der Waals surface area contributed by atoms with Gasteiger partial charge in [0.1, 0.15) is 11.2 Å². The van der Waals surface area contributed by atoms with Gasteiger partial charge in [0.25, 0.3) is 0 Å². The molecule has 2 nitrogen and oxygen atoms in total. The minimum absolute atomic E-state index is 0.510. The summed E-state index contributed by atoms with van der Waals surface area (Å²) < 4.78 is 6.25. The van der Waals surface area contributed by atoms with Crippen LogP contribution < -0.4 is 4.90 Å². The minimum Gasteiger partial charge on any atom is -0.456 e. The molecule has 0 amide bonds. The normalized spacial score (nSPS) is 12.5. The quantitative estimate of drug-likeness (QED) is 0.144. The third kappa shape index (κ3) is 6.72. The Balaban J connectivity index is 0.992. The van der Waals surface area contributed by atoms with Crippen LogP contribution in [0.25, 0.3) is 77.6 Å². The van der Waals surface area contributed by atoms with Crippen LogP contribution in [-0.4, -0.2) is 0 Å². The van der Waals surface area contributed by atoms with Crippen molar-refractivity contribution in [1.82, 2.24) is 0 Å². The van der Waals surface area contributed by atoms with Gasteiger partial charge in [-0.2, -0.15) is 0 Å². The summed E-state index contributed by atoms with van der Waals surface area (Å²) in [6, 6.07) is 99.4. The highest BCUT2D eigenvalue weighted by atomic mass is 16.3. The van der Waals surface area contributed by atoms with Gasteiger partial charge in [-0.25, -0.2) is 0 Å². The predicted molar refractivity (Wildman–Crippen MR) is 287 cm³/mol. The number of rotatable bonds is 9. The van der Waals surface area contributed by atoms with E-state index < -0.39 is 5.41 Å². The number of benzene rings is 11. The van der Waals surface area contributed by atoms with Crippen molar-refractivity contribution < 1.29 is 4.42 Å². The van der Waals surface area contributed by atoms with E-state index in [2.05, 4.69) is 266 Å². The number of hydrogen-bond donors (Lipinski definition) is 0. The van der Waals surface area contributed by atoms with Gasteiger partial charge in [0.15, 0.2) is 0 Å². The fourth-order valence-electron chi connectivity index (χ4n) is 11.1. The second-order valence-electron chi connectivity index (χ2n) is 18.0. The third-order valence-electron chi connectivity index (χ3n) is 14.2. The summed E-state index contributed by atoms with van der Waals surface area (Å²) in [6.07, 6.45) is 0. The van der Waals surface area contributed by atoms with Crippen LogP contribution in [0.1, 0.15) is 22.3 Å². The molecule has 0 N–H and O–H groups in total. The van der Waals surface area contributed by atoms with Crippen molar-refractivity contribution in [2.45, 2.75) is 5.41 Å². The van der Waals surface area contributed by atoms with Gasteiger partial charge >= 0.3 is 0 Å². The summed E-state index contributed by atoms with van der Waals surface area (Å²) in [4.78, 5) is 2.44. The van der Waals surface area contributed by atoms with E-state index in [4.69, 9.17) is 4.42 Å². The van der Waals surface area contributed by atoms with Crippen molar-refractivity contribution >= 4 is 39.0 Å². The van der Waals surface area contributed by atoms with Crippen LogP contribution in [0.4, 0.5) is 17.1 Å². The maximum Gasteiger partial charge on any atom is 0.135 e. The number of hydrogen-bond acceptors (Lipinski definition) is 2. The number of anilines is 3. The summed E-state index contributed by atoms with van der Waals surface area (Å²) in [7, 11) is 0. The molecule has 0 bridgehead atoms. The zero-order chi connectivity index (χ0) is 45.7. The first-order chi connectivity index (χ1) is 34.2. The fourth-order valence-corrected chi connectivity index (χ4v) is 11.1. The lowest BCUT2D eigenvalue weighted by atomic mass is 9.67. The van der Waals surface area contributed by atoms with Crippen molar-refractivity contribution in [3.05, 3.63) is 295 Å². The van der Waals surface area contributed by atoms with Crippen LogP contribution in [0.2, 0.25) is 0 Å². The molecule has 2 heteroatoms. The standard InChI is InChI=1S/C67H45NO/c1-4-18-46(19-5-1)47-34-36-48(37-35-47)49-38-41-54(42-39-49)68(55-25-16-20-50(44-55)51-40-43-65-60(45-51)57-27-12-15-33-64(57)69-65)63-32-14-11-26-56(63)58-29-17-31-62-66(58)59-28-10-13-30-61(59)67(62,52-21-6-2-7-22-52)53-23-8-3-9-24-53/h1-45H. The molecule has 1 aliphatic rings. The van der Waals surface area contributed by atoms with Gasteiger partial charge in [0.2, 0.25) is 0 Å². The Morgan fingerprint density at radius 1 is 0.290 bits per heavy atom. The van der Waals surface area contributed by atoms with E-state index in [9.17, 15) is 0 Å². The number of nitrogens with zero attached hydrogens (tertiary/aromatic N) is 1. The van der Waals surface area contributed by atoms with Crippen LogP contribution >= 0.6 is 0 Å². The zero-order valence-corrected chi connectivity index (χ0v) is 37.8. The molecular weight excluding hydrogens is 835 g/mol. The molecule has 0 aliphatic heterocycles. The molecule has 13 rings (SSSR count). The Labute approximate surface area is 402 Å². The highest BCUT2D eigenvalue weighted by molar-refractivity contribution is 6.06. The molecule has 0 saturated heterocycles. The molecule has 0 radical (unpaired) electrons. The molecule has 0 saturated carbocycles. The summed E-state index contributed by atoms with van der Waals surface area (Å²) in [5.41, 5.74) is 21.5. The molecule has 0 atom stereocenters. The SMILES string of the molecule is c1ccc(-c2ccc(-c3ccc(N(c4cccc(-c5ccc6oc7ccccc7c6c5)c4)c4ccccc4-c4cccc5c4-c4ccccc4C5(c4ccccc4)c4ccccc4)cc3)cc2)cc1. The zero-order valence-electron chi connectivity index (χ0n) is 37.8. The van der Waals surface area contributed by atoms with Gasteiger partial charge in [0, 0.05) is 27.7 Å². The van der Waals surface area contributed by atoms with Crippen molar-refractivity contribution in [3.63, 3.8) is 0 Å². The number of furan rings is 1. The molecule has 1 heterocycles. The predicted octanol–water partition coefficient (Wildman–Crippen LogP) is 18.1. The third-order valence-corrected chi connectivity index (χ3v) is 14.2. The minimum atomic E-state index is -0.510. The van der Waals surface area contributed by atoms with Crippen LogP contribution in [0.15, 0.2) is 277 Å². The molecule has 11 aromatic carbocycles. The molecule has 1 aliphatic carbocycles. The van der Waals surface area contributed by atoms with E-state index in [1.165, 1.54) is 55.6 Å². The largest absolute Gasteiger partial charge is 0.456 e. The lowest BCUT2D eigenvalue weighted by molar-refractivity contribution is 0.669. The Morgan fingerprint density at radius 2 is 0.783 bits per heavy atom. The molecule has 0 fully saturated rings. The fraction of sp³-hybridized carbons (Fsp3) is 0.0149. The van der Waals surface area contributed by atoms with Gasteiger partial charge in [0.05, 0.1) is 11.1 Å². The molecule has 0 spiro atoms. The molecule has 0 unspecified atom stereocenters. The first-order valence-corrected chi connectivity index (χ1v) is 23.7. The first-order valence-electron chi connectivity index (χ1n) is 23.7. The summed E-state index contributed by atoms with van der Waals surface area (Å²) >= 11 is 0. The van der Waals surface area contributed by atoms with Gasteiger partial charge in [-0.15, -0.1) is 0 Å². The van der Waals surface area contributed by atoms with Crippen LogP contribution in [0, 0.1) is 0 Å². The summed E-state index contributed by atoms with van der Waals surface area (Å²) in [5.74, 6) is 0. The topological polar surface area (TPSA) is 16.4 Å². The van der Waals surface area contributed by atoms with Crippen LogP contribution in [0.3, 0.4) is 0 Å². The van der Waals surface area contributed by atoms with E-state index >= 15 is 0 Å². The summed E-state index contributed by atoms with van der Waals surface area (Å²) in [6.45, 7) is 0. The highest BCUT2D eigenvalue weighted by Crippen LogP contribution is 2.59. The smallest absolute Gasteiger partial charge is 0.135 e. The van der Waals surface area contributed by atoms with Crippen LogP contribution in [-0.2, 0) is 5.41 Å². The Morgan fingerprint density at radius 3 is 1.51 bits per heavy atom. The summed E-state index contributed by atoms with van der Waals surface area (Å²) in [5, 5.41) is 2.24. The van der Waals surface area contributed by atoms with Crippen molar-refractivity contribution in [3.8, 4) is 55.6 Å². The average molecular weight is 880 g/mol. The molecule has 324 valence electrons. The number of para-hydroxylation sites is 2. The first kappa shape index (κ1) is 40.3. The maximum atomic E-state index is 6.25. The Kier molecular flexibility index (Phi) is 9.77. The van der Waals surface area contributed by atoms with Gasteiger partial charge in [-0.05, 0) is 121 Å². The van der Waals surface area contributed by atoms with Gasteiger partial charge in [-0.3, -0.25) is 0 Å². The van der Waals surface area contributed by atoms with Crippen molar-refractivity contribution in [2.75, 3.05) is 4.90 Å². The lowest BCUT2D eigenvalue weighted by Gasteiger charge is -2.34. The maximum absolute atomic E-state index is 6.25. The second kappa shape index (κ2) is 16.7. The highest BCUT2D eigenvalue weighted by Gasteiger charge is 2.47. The van der Waals surface area contributed by atoms with E-state index in [1.54, 1.807) is 0 Å². The number of fused-ring (bicyclic) bond motifs is 6.